The van der Waals surface area contributed by atoms with Gasteiger partial charge in [-0.25, -0.2) is 4.68 Å². The Labute approximate surface area is 136 Å². The van der Waals surface area contributed by atoms with Gasteiger partial charge in [-0.15, -0.1) is 0 Å². The zero-order valence-electron chi connectivity index (χ0n) is 14.6. The fraction of sp³-hybridized carbons (Fsp3) is 0.706. The van der Waals surface area contributed by atoms with Gasteiger partial charge in [-0.3, -0.25) is 9.78 Å². The van der Waals surface area contributed by atoms with Crippen molar-refractivity contribution >= 4 is 17.0 Å². The van der Waals surface area contributed by atoms with E-state index in [-0.39, 0.29) is 11.1 Å². The van der Waals surface area contributed by atoms with Crippen molar-refractivity contribution in [2.75, 3.05) is 18.5 Å². The van der Waals surface area contributed by atoms with Gasteiger partial charge in [0.1, 0.15) is 5.39 Å². The molecule has 1 aliphatic rings. The van der Waals surface area contributed by atoms with E-state index >= 15 is 0 Å². The van der Waals surface area contributed by atoms with Crippen molar-refractivity contribution in [1.29, 1.82) is 0 Å². The molecule has 2 aromatic rings. The summed E-state index contributed by atoms with van der Waals surface area (Å²) in [6.07, 6.45) is 8.15. The molecule has 0 spiro atoms. The van der Waals surface area contributed by atoms with E-state index in [4.69, 9.17) is 4.98 Å². The van der Waals surface area contributed by atoms with Crippen LogP contribution in [-0.2, 0) is 5.54 Å². The van der Waals surface area contributed by atoms with E-state index in [1.807, 2.05) is 11.7 Å². The molecule has 1 saturated carbocycles. The summed E-state index contributed by atoms with van der Waals surface area (Å²) < 4.78 is 1.83. The van der Waals surface area contributed by atoms with Gasteiger partial charge in [0.15, 0.2) is 5.65 Å². The largest absolute Gasteiger partial charge is 0.345 e. The summed E-state index contributed by atoms with van der Waals surface area (Å²) in [4.78, 5) is 22.1. The van der Waals surface area contributed by atoms with Crippen LogP contribution in [0.3, 0.4) is 0 Å². The first kappa shape index (κ1) is 16.0. The number of aromatic amines is 1. The number of aromatic nitrogens is 4. The topological polar surface area (TPSA) is 66.8 Å². The lowest BCUT2D eigenvalue weighted by Crippen LogP contribution is -2.30. The predicted octanol–water partition coefficient (Wildman–Crippen LogP) is 2.89. The zero-order chi connectivity index (χ0) is 16.6. The van der Waals surface area contributed by atoms with E-state index in [2.05, 4.69) is 35.8 Å². The quantitative estimate of drug-likeness (QED) is 0.945. The maximum atomic E-state index is 12.4. The Kier molecular flexibility index (Phi) is 4.17. The van der Waals surface area contributed by atoms with E-state index in [0.717, 1.165) is 6.54 Å². The van der Waals surface area contributed by atoms with Gasteiger partial charge in [-0.1, -0.05) is 19.3 Å². The molecule has 1 N–H and O–H groups in total. The minimum atomic E-state index is -0.207. The van der Waals surface area contributed by atoms with E-state index in [9.17, 15) is 4.79 Å². The summed E-state index contributed by atoms with van der Waals surface area (Å²) in [7, 11) is 2.01. The number of nitrogens with zero attached hydrogens (tertiary/aromatic N) is 4. The molecule has 2 heterocycles. The monoisotopic (exact) mass is 317 g/mol. The molecule has 1 aliphatic carbocycles. The fourth-order valence-electron chi connectivity index (χ4n) is 3.42. The minimum absolute atomic E-state index is 0.115. The normalized spacial score (nSPS) is 16.9. The lowest BCUT2D eigenvalue weighted by atomic mass is 9.89. The Morgan fingerprint density at radius 3 is 2.65 bits per heavy atom. The highest BCUT2D eigenvalue weighted by Gasteiger charge is 2.21. The molecule has 0 atom stereocenters. The van der Waals surface area contributed by atoms with Gasteiger partial charge in [0, 0.05) is 13.6 Å². The molecule has 2 aromatic heterocycles. The molecule has 0 amide bonds. The van der Waals surface area contributed by atoms with Crippen molar-refractivity contribution in [2.45, 2.75) is 58.4 Å². The molecule has 0 saturated heterocycles. The van der Waals surface area contributed by atoms with E-state index in [0.29, 0.717) is 22.9 Å². The standard InChI is InChI=1S/C17H27N5O/c1-17(2,3)22-14-13(10-18-22)15(23)20-16(19-14)21(4)11-12-8-6-5-7-9-12/h10,12H,5-9,11H2,1-4H3,(H,19,20,23). The average Bonchev–Trinajstić information content (AvgIpc) is 2.92. The summed E-state index contributed by atoms with van der Waals surface area (Å²) in [6.45, 7) is 7.13. The molecule has 0 aromatic carbocycles. The third-order valence-electron chi connectivity index (χ3n) is 4.68. The third-order valence-corrected chi connectivity index (χ3v) is 4.68. The molecule has 0 bridgehead atoms. The summed E-state index contributed by atoms with van der Waals surface area (Å²) in [6, 6.07) is 0. The van der Waals surface area contributed by atoms with Gasteiger partial charge in [-0.05, 0) is 39.5 Å². The van der Waals surface area contributed by atoms with Gasteiger partial charge in [0.25, 0.3) is 5.56 Å². The first-order chi connectivity index (χ1) is 10.9. The average molecular weight is 317 g/mol. The van der Waals surface area contributed by atoms with Crippen LogP contribution < -0.4 is 10.5 Å². The molecule has 6 nitrogen and oxygen atoms in total. The van der Waals surface area contributed by atoms with E-state index < -0.39 is 0 Å². The first-order valence-electron chi connectivity index (χ1n) is 8.56. The zero-order valence-corrected chi connectivity index (χ0v) is 14.6. The number of fused-ring (bicyclic) bond motifs is 1. The molecule has 126 valence electrons. The van der Waals surface area contributed by atoms with Crippen LogP contribution in [-0.4, -0.2) is 33.3 Å². The second-order valence-electron chi connectivity index (χ2n) is 7.74. The third kappa shape index (κ3) is 3.26. The van der Waals surface area contributed by atoms with Crippen LogP contribution in [0.5, 0.6) is 0 Å². The number of nitrogens with one attached hydrogen (secondary N) is 1. The molecule has 1 fully saturated rings. The number of hydrogen-bond donors (Lipinski definition) is 1. The van der Waals surface area contributed by atoms with Crippen LogP contribution >= 0.6 is 0 Å². The highest BCUT2D eigenvalue weighted by molar-refractivity contribution is 5.74. The summed E-state index contributed by atoms with van der Waals surface area (Å²) in [5.74, 6) is 1.33. The molecule has 0 aliphatic heterocycles. The lowest BCUT2D eigenvalue weighted by molar-refractivity contribution is 0.360. The Balaban J connectivity index is 1.93. The van der Waals surface area contributed by atoms with E-state index in [1.54, 1.807) is 6.20 Å². The second kappa shape index (κ2) is 5.98. The van der Waals surface area contributed by atoms with Crippen LogP contribution in [0.15, 0.2) is 11.0 Å². The van der Waals surface area contributed by atoms with Crippen LogP contribution in [0.1, 0.15) is 52.9 Å². The van der Waals surface area contributed by atoms with Crippen molar-refractivity contribution in [3.8, 4) is 0 Å². The van der Waals surface area contributed by atoms with Gasteiger partial charge >= 0.3 is 0 Å². The summed E-state index contributed by atoms with van der Waals surface area (Å²) in [5.41, 5.74) is 0.338. The molecule has 3 rings (SSSR count). The molecule has 23 heavy (non-hydrogen) atoms. The number of anilines is 1. The summed E-state index contributed by atoms with van der Waals surface area (Å²) >= 11 is 0. The minimum Gasteiger partial charge on any atom is -0.345 e. The van der Waals surface area contributed by atoms with Crippen LogP contribution in [0, 0.1) is 5.92 Å². The predicted molar refractivity (Wildman–Crippen MR) is 93.0 cm³/mol. The molecular formula is C17H27N5O. The highest BCUT2D eigenvalue weighted by Crippen LogP contribution is 2.25. The van der Waals surface area contributed by atoms with Crippen LogP contribution in [0.2, 0.25) is 0 Å². The molecule has 0 unspecified atom stereocenters. The molecule has 0 radical (unpaired) electrons. The Bertz CT molecular complexity index is 734. The van der Waals surface area contributed by atoms with Gasteiger partial charge in [0.2, 0.25) is 5.95 Å². The maximum Gasteiger partial charge on any atom is 0.263 e. The molecular weight excluding hydrogens is 290 g/mol. The Morgan fingerprint density at radius 1 is 1.30 bits per heavy atom. The maximum absolute atomic E-state index is 12.4. The van der Waals surface area contributed by atoms with Gasteiger partial charge < -0.3 is 4.90 Å². The smallest absolute Gasteiger partial charge is 0.263 e. The second-order valence-corrected chi connectivity index (χ2v) is 7.74. The van der Waals surface area contributed by atoms with Gasteiger partial charge in [-0.2, -0.15) is 10.1 Å². The fourth-order valence-corrected chi connectivity index (χ4v) is 3.42. The SMILES string of the molecule is CN(CC1CCCCC1)c1nc2c(cnn2C(C)(C)C)c(=O)[nH]1. The van der Waals surface area contributed by atoms with Crippen molar-refractivity contribution < 1.29 is 0 Å². The van der Waals surface area contributed by atoms with Crippen molar-refractivity contribution in [3.05, 3.63) is 16.6 Å². The molecule has 6 heteroatoms. The summed E-state index contributed by atoms with van der Waals surface area (Å²) in [5, 5.41) is 4.91. The Hall–Kier alpha value is -1.85. The number of rotatable bonds is 3. The first-order valence-corrected chi connectivity index (χ1v) is 8.56. The number of hydrogen-bond acceptors (Lipinski definition) is 4. The van der Waals surface area contributed by atoms with Crippen molar-refractivity contribution in [2.24, 2.45) is 5.92 Å². The van der Waals surface area contributed by atoms with Crippen LogP contribution in [0.25, 0.3) is 11.0 Å². The highest BCUT2D eigenvalue weighted by atomic mass is 16.1. The lowest BCUT2D eigenvalue weighted by Gasteiger charge is -2.27. The van der Waals surface area contributed by atoms with Crippen molar-refractivity contribution in [1.82, 2.24) is 19.7 Å². The van der Waals surface area contributed by atoms with Crippen LogP contribution in [0.4, 0.5) is 5.95 Å². The van der Waals surface area contributed by atoms with Gasteiger partial charge in [0.05, 0.1) is 11.7 Å². The Morgan fingerprint density at radius 2 is 2.00 bits per heavy atom. The van der Waals surface area contributed by atoms with Crippen molar-refractivity contribution in [3.63, 3.8) is 0 Å². The van der Waals surface area contributed by atoms with E-state index in [1.165, 1.54) is 32.1 Å². The number of H-pyrrole nitrogens is 1.